The largest absolute Gasteiger partial charge is 0.379 e. The summed E-state index contributed by atoms with van der Waals surface area (Å²) in [6.07, 6.45) is 0. The van der Waals surface area contributed by atoms with E-state index in [0.29, 0.717) is 26.3 Å². The summed E-state index contributed by atoms with van der Waals surface area (Å²) in [5.41, 5.74) is -1.44. The van der Waals surface area contributed by atoms with Crippen molar-refractivity contribution >= 4 is 5.78 Å². The van der Waals surface area contributed by atoms with E-state index in [9.17, 15) is 18.0 Å². The summed E-state index contributed by atoms with van der Waals surface area (Å²) in [4.78, 5) is 14.3. The molecule has 3 nitrogen and oxygen atoms in total. The molecule has 0 amide bonds. The van der Waals surface area contributed by atoms with Gasteiger partial charge in [0.25, 0.3) is 0 Å². The van der Waals surface area contributed by atoms with E-state index in [4.69, 9.17) is 4.74 Å². The Labute approximate surface area is 115 Å². The van der Waals surface area contributed by atoms with E-state index >= 15 is 0 Å². The summed E-state index contributed by atoms with van der Waals surface area (Å²) in [7, 11) is 0. The number of hydrogen-bond donors (Lipinski definition) is 0. The number of carbonyl (C=O) groups excluding carboxylic acids is 1. The van der Waals surface area contributed by atoms with E-state index in [1.807, 2.05) is 4.90 Å². The van der Waals surface area contributed by atoms with Crippen LogP contribution in [0.5, 0.6) is 0 Å². The highest BCUT2D eigenvalue weighted by Crippen LogP contribution is 2.25. The number of ketones is 1. The Balaban J connectivity index is 2.32. The maximum Gasteiger partial charge on any atom is 0.195 e. The van der Waals surface area contributed by atoms with Crippen molar-refractivity contribution in [1.82, 2.24) is 4.90 Å². The van der Waals surface area contributed by atoms with Gasteiger partial charge < -0.3 is 4.74 Å². The van der Waals surface area contributed by atoms with Gasteiger partial charge in [-0.3, -0.25) is 9.69 Å². The number of benzene rings is 1. The molecular formula is C14H16F3NO2. The molecule has 0 spiro atoms. The van der Waals surface area contributed by atoms with Gasteiger partial charge in [-0.2, -0.15) is 0 Å². The molecule has 1 aromatic rings. The van der Waals surface area contributed by atoms with Crippen LogP contribution >= 0.6 is 0 Å². The molecule has 0 aliphatic carbocycles. The van der Waals surface area contributed by atoms with Crippen molar-refractivity contribution in [2.24, 2.45) is 0 Å². The number of nitrogens with zero attached hydrogens (tertiary/aromatic N) is 1. The van der Waals surface area contributed by atoms with Crippen molar-refractivity contribution in [2.45, 2.75) is 19.4 Å². The number of carbonyl (C=O) groups is 1. The van der Waals surface area contributed by atoms with E-state index in [0.717, 1.165) is 12.1 Å². The smallest absolute Gasteiger partial charge is 0.195 e. The monoisotopic (exact) mass is 287 g/mol. The van der Waals surface area contributed by atoms with Crippen LogP contribution in [0, 0.1) is 17.5 Å². The van der Waals surface area contributed by atoms with Crippen LogP contribution in [0.4, 0.5) is 13.2 Å². The summed E-state index contributed by atoms with van der Waals surface area (Å²) < 4.78 is 45.1. The maximum absolute atomic E-state index is 13.7. The van der Waals surface area contributed by atoms with Crippen LogP contribution in [0.25, 0.3) is 0 Å². The first-order chi connectivity index (χ1) is 9.35. The second kappa shape index (κ2) is 5.54. The molecule has 6 heteroatoms. The molecule has 0 radical (unpaired) electrons. The summed E-state index contributed by atoms with van der Waals surface area (Å²) in [6, 6.07) is 1.75. The van der Waals surface area contributed by atoms with E-state index < -0.39 is 34.3 Å². The first kappa shape index (κ1) is 15.0. The highest BCUT2D eigenvalue weighted by Gasteiger charge is 2.37. The summed E-state index contributed by atoms with van der Waals surface area (Å²) in [5.74, 6) is -4.93. The molecule has 1 fully saturated rings. The fraction of sp³-hybridized carbons (Fsp3) is 0.500. The highest BCUT2D eigenvalue weighted by atomic mass is 19.2. The number of morpholine rings is 1. The van der Waals surface area contributed by atoms with Crippen LogP contribution in [0.1, 0.15) is 24.2 Å². The van der Waals surface area contributed by atoms with E-state index in [-0.39, 0.29) is 0 Å². The van der Waals surface area contributed by atoms with Gasteiger partial charge in [0, 0.05) is 13.1 Å². The van der Waals surface area contributed by atoms with Crippen molar-refractivity contribution in [3.05, 3.63) is 35.1 Å². The minimum Gasteiger partial charge on any atom is -0.379 e. The normalized spacial score (nSPS) is 17.2. The minimum absolute atomic E-state index is 0.430. The van der Waals surface area contributed by atoms with Crippen molar-refractivity contribution in [3.8, 4) is 0 Å². The third-order valence-electron chi connectivity index (χ3n) is 3.64. The molecule has 0 atom stereocenters. The van der Waals surface area contributed by atoms with Gasteiger partial charge >= 0.3 is 0 Å². The zero-order valence-corrected chi connectivity index (χ0v) is 11.4. The summed E-state index contributed by atoms with van der Waals surface area (Å²) in [6.45, 7) is 5.31. The van der Waals surface area contributed by atoms with Gasteiger partial charge in [0.05, 0.1) is 24.3 Å². The summed E-state index contributed by atoms with van der Waals surface area (Å²) >= 11 is 0. The fourth-order valence-electron chi connectivity index (χ4n) is 2.30. The Hall–Kier alpha value is -1.40. The predicted octanol–water partition coefficient (Wildman–Crippen LogP) is 2.40. The molecule has 1 saturated heterocycles. The molecule has 1 aliphatic heterocycles. The van der Waals surface area contributed by atoms with Crippen LogP contribution in [0.2, 0.25) is 0 Å². The van der Waals surface area contributed by atoms with Crippen LogP contribution in [-0.4, -0.2) is 42.5 Å². The van der Waals surface area contributed by atoms with Gasteiger partial charge in [-0.05, 0) is 26.0 Å². The lowest BCUT2D eigenvalue weighted by Crippen LogP contribution is -2.54. The molecule has 20 heavy (non-hydrogen) atoms. The highest BCUT2D eigenvalue weighted by molar-refractivity contribution is 6.02. The summed E-state index contributed by atoms with van der Waals surface area (Å²) in [5, 5.41) is 0. The lowest BCUT2D eigenvalue weighted by Gasteiger charge is -2.39. The topological polar surface area (TPSA) is 29.5 Å². The molecule has 1 aromatic carbocycles. The SMILES string of the molecule is CC(C)(C(=O)c1ccc(F)c(F)c1F)N1CCOCC1. The number of rotatable bonds is 3. The van der Waals surface area contributed by atoms with Gasteiger partial charge in [-0.15, -0.1) is 0 Å². The molecule has 2 rings (SSSR count). The number of halogens is 3. The van der Waals surface area contributed by atoms with Crippen molar-refractivity contribution in [2.75, 3.05) is 26.3 Å². The Kier molecular flexibility index (Phi) is 4.15. The van der Waals surface area contributed by atoms with Gasteiger partial charge in [0.15, 0.2) is 23.2 Å². The van der Waals surface area contributed by atoms with Gasteiger partial charge in [0.2, 0.25) is 0 Å². The zero-order valence-electron chi connectivity index (χ0n) is 11.4. The molecule has 1 heterocycles. The van der Waals surface area contributed by atoms with Crippen molar-refractivity contribution in [1.29, 1.82) is 0 Å². The lowest BCUT2D eigenvalue weighted by atomic mass is 9.90. The van der Waals surface area contributed by atoms with Crippen LogP contribution in [-0.2, 0) is 4.74 Å². The molecule has 0 aromatic heterocycles. The third kappa shape index (κ3) is 2.58. The van der Waals surface area contributed by atoms with Crippen LogP contribution in [0.15, 0.2) is 12.1 Å². The molecular weight excluding hydrogens is 271 g/mol. The van der Waals surface area contributed by atoms with Gasteiger partial charge in [-0.25, -0.2) is 13.2 Å². The first-order valence-electron chi connectivity index (χ1n) is 6.37. The lowest BCUT2D eigenvalue weighted by molar-refractivity contribution is -0.00446. The quantitative estimate of drug-likeness (QED) is 0.631. The fourth-order valence-corrected chi connectivity index (χ4v) is 2.30. The Morgan fingerprint density at radius 2 is 1.75 bits per heavy atom. The molecule has 0 N–H and O–H groups in total. The molecule has 0 saturated carbocycles. The molecule has 0 unspecified atom stereocenters. The number of ether oxygens (including phenoxy) is 1. The second-order valence-corrected chi connectivity index (χ2v) is 5.21. The van der Waals surface area contributed by atoms with Gasteiger partial charge in [0.1, 0.15) is 0 Å². The minimum atomic E-state index is -1.62. The van der Waals surface area contributed by atoms with E-state index in [2.05, 4.69) is 0 Å². The Morgan fingerprint density at radius 3 is 2.35 bits per heavy atom. The standard InChI is InChI=1S/C14H16F3NO2/c1-14(2,18-5-7-20-8-6-18)13(19)9-3-4-10(15)12(17)11(9)16/h3-4H,5-8H2,1-2H3. The molecule has 1 aliphatic rings. The average Bonchev–Trinajstić information content (AvgIpc) is 2.45. The number of Topliss-reactive ketones (excluding diaryl/α,β-unsaturated/α-hetero) is 1. The van der Waals surface area contributed by atoms with E-state index in [1.165, 1.54) is 0 Å². The van der Waals surface area contributed by atoms with Crippen molar-refractivity contribution < 1.29 is 22.7 Å². The van der Waals surface area contributed by atoms with Crippen molar-refractivity contribution in [3.63, 3.8) is 0 Å². The van der Waals surface area contributed by atoms with E-state index in [1.54, 1.807) is 13.8 Å². The molecule has 110 valence electrons. The average molecular weight is 287 g/mol. The zero-order chi connectivity index (χ0) is 14.9. The Morgan fingerprint density at radius 1 is 1.15 bits per heavy atom. The van der Waals surface area contributed by atoms with Gasteiger partial charge in [-0.1, -0.05) is 0 Å². The maximum atomic E-state index is 13.7. The third-order valence-corrected chi connectivity index (χ3v) is 3.64. The predicted molar refractivity (Wildman–Crippen MR) is 67.1 cm³/mol. The molecule has 0 bridgehead atoms. The first-order valence-corrected chi connectivity index (χ1v) is 6.37. The number of hydrogen-bond acceptors (Lipinski definition) is 3. The van der Waals surface area contributed by atoms with Crippen LogP contribution in [0.3, 0.4) is 0 Å². The van der Waals surface area contributed by atoms with Crippen LogP contribution < -0.4 is 0 Å². The Bertz CT molecular complexity index is 525. The second-order valence-electron chi connectivity index (χ2n) is 5.21.